The van der Waals surface area contributed by atoms with Gasteiger partial charge in [-0.2, -0.15) is 0 Å². The van der Waals surface area contributed by atoms with Gasteiger partial charge >= 0.3 is 0 Å². The summed E-state index contributed by atoms with van der Waals surface area (Å²) >= 11 is 3.47. The van der Waals surface area contributed by atoms with Crippen LogP contribution in [-0.2, 0) is 16.8 Å². The van der Waals surface area contributed by atoms with Gasteiger partial charge < -0.3 is 5.32 Å². The summed E-state index contributed by atoms with van der Waals surface area (Å²) in [5.74, 6) is 0.0984. The molecule has 0 saturated heterocycles. The highest BCUT2D eigenvalue weighted by Crippen LogP contribution is 2.48. The Morgan fingerprint density at radius 1 is 1.25 bits per heavy atom. The molecule has 1 aromatic heterocycles. The predicted molar refractivity (Wildman–Crippen MR) is 81.1 cm³/mol. The number of halogens is 1. The number of nitrogens with one attached hydrogen (secondary N) is 1. The van der Waals surface area contributed by atoms with Crippen LogP contribution in [0.25, 0.3) is 0 Å². The number of pyridine rings is 1. The normalized spacial score (nSPS) is 15.7. The van der Waals surface area contributed by atoms with Gasteiger partial charge in [-0.3, -0.25) is 9.78 Å². The summed E-state index contributed by atoms with van der Waals surface area (Å²) in [5, 5.41) is 3.00. The molecule has 0 bridgehead atoms. The average molecular weight is 331 g/mol. The van der Waals surface area contributed by atoms with Crippen LogP contribution in [0.4, 0.5) is 0 Å². The number of benzene rings is 1. The lowest BCUT2D eigenvalue weighted by atomic mass is 9.95. The molecule has 1 aliphatic carbocycles. The molecule has 0 aliphatic heterocycles. The van der Waals surface area contributed by atoms with Gasteiger partial charge in [-0.1, -0.05) is 34.1 Å². The standard InChI is InChI=1S/C16H15BrN2O/c17-13-5-3-4-12(10-13)16(7-8-16)15(20)19-11-14-6-1-2-9-18-14/h1-6,9-10H,7-8,11H2,(H,19,20). The Balaban J connectivity index is 1.71. The molecular formula is C16H15BrN2O. The monoisotopic (exact) mass is 330 g/mol. The van der Waals surface area contributed by atoms with Crippen LogP contribution >= 0.6 is 15.9 Å². The molecule has 1 amide bonds. The number of aromatic nitrogens is 1. The van der Waals surface area contributed by atoms with Gasteiger partial charge in [0.15, 0.2) is 0 Å². The molecule has 0 spiro atoms. The summed E-state index contributed by atoms with van der Waals surface area (Å²) in [6, 6.07) is 13.7. The van der Waals surface area contributed by atoms with E-state index in [2.05, 4.69) is 26.2 Å². The SMILES string of the molecule is O=C(NCc1ccccn1)C1(c2cccc(Br)c2)CC1. The molecule has 1 heterocycles. The van der Waals surface area contributed by atoms with Gasteiger partial charge in [-0.25, -0.2) is 0 Å². The minimum absolute atomic E-state index is 0.0984. The number of rotatable bonds is 4. The molecule has 1 N–H and O–H groups in total. The van der Waals surface area contributed by atoms with E-state index in [4.69, 9.17) is 0 Å². The van der Waals surface area contributed by atoms with E-state index in [9.17, 15) is 4.79 Å². The van der Waals surface area contributed by atoms with E-state index in [0.717, 1.165) is 28.6 Å². The minimum Gasteiger partial charge on any atom is -0.350 e. The second-order valence-electron chi connectivity index (χ2n) is 5.10. The zero-order valence-electron chi connectivity index (χ0n) is 11.0. The van der Waals surface area contributed by atoms with Gasteiger partial charge in [0.2, 0.25) is 5.91 Å². The number of hydrogen-bond acceptors (Lipinski definition) is 2. The first kappa shape index (κ1) is 13.3. The molecule has 3 rings (SSSR count). The maximum atomic E-state index is 12.5. The van der Waals surface area contributed by atoms with Crippen LogP contribution in [0, 0.1) is 0 Å². The molecule has 0 radical (unpaired) electrons. The maximum absolute atomic E-state index is 12.5. The second kappa shape index (κ2) is 5.37. The average Bonchev–Trinajstić information content (AvgIpc) is 3.28. The third kappa shape index (κ3) is 2.61. The van der Waals surface area contributed by atoms with Crippen LogP contribution < -0.4 is 5.32 Å². The molecule has 1 fully saturated rings. The highest BCUT2D eigenvalue weighted by molar-refractivity contribution is 9.10. The van der Waals surface area contributed by atoms with Gasteiger partial charge in [-0.05, 0) is 42.7 Å². The second-order valence-corrected chi connectivity index (χ2v) is 6.01. The van der Waals surface area contributed by atoms with E-state index in [0.29, 0.717) is 6.54 Å². The molecule has 0 atom stereocenters. The first-order chi connectivity index (χ1) is 9.71. The van der Waals surface area contributed by atoms with Crippen LogP contribution in [0.5, 0.6) is 0 Å². The van der Waals surface area contributed by atoms with Crippen molar-refractivity contribution in [3.8, 4) is 0 Å². The van der Waals surface area contributed by atoms with Crippen molar-refractivity contribution in [2.75, 3.05) is 0 Å². The van der Waals surface area contributed by atoms with E-state index in [1.165, 1.54) is 0 Å². The molecule has 2 aromatic rings. The zero-order valence-corrected chi connectivity index (χ0v) is 12.6. The van der Waals surface area contributed by atoms with E-state index < -0.39 is 0 Å². The molecule has 1 aromatic carbocycles. The van der Waals surface area contributed by atoms with Crippen molar-refractivity contribution in [1.29, 1.82) is 0 Å². The van der Waals surface area contributed by atoms with E-state index in [1.54, 1.807) is 6.20 Å². The molecule has 1 saturated carbocycles. The van der Waals surface area contributed by atoms with Crippen molar-refractivity contribution in [3.63, 3.8) is 0 Å². The highest BCUT2D eigenvalue weighted by Gasteiger charge is 2.51. The quantitative estimate of drug-likeness (QED) is 0.935. The lowest BCUT2D eigenvalue weighted by Crippen LogP contribution is -2.34. The lowest BCUT2D eigenvalue weighted by molar-refractivity contribution is -0.123. The molecule has 4 heteroatoms. The Hall–Kier alpha value is -1.68. The Morgan fingerprint density at radius 3 is 2.75 bits per heavy atom. The molecular weight excluding hydrogens is 316 g/mol. The van der Waals surface area contributed by atoms with Crippen molar-refractivity contribution in [2.45, 2.75) is 24.8 Å². The van der Waals surface area contributed by atoms with Crippen LogP contribution in [0.3, 0.4) is 0 Å². The largest absolute Gasteiger partial charge is 0.350 e. The number of carbonyl (C=O) groups excluding carboxylic acids is 1. The third-order valence-corrected chi connectivity index (χ3v) is 4.21. The Bertz CT molecular complexity index is 623. The van der Waals surface area contributed by atoms with Crippen molar-refractivity contribution in [3.05, 3.63) is 64.4 Å². The van der Waals surface area contributed by atoms with Crippen LogP contribution in [0.1, 0.15) is 24.1 Å². The van der Waals surface area contributed by atoms with E-state index in [-0.39, 0.29) is 11.3 Å². The number of hydrogen-bond donors (Lipinski definition) is 1. The zero-order chi connectivity index (χ0) is 14.0. The number of nitrogens with zero attached hydrogens (tertiary/aromatic N) is 1. The molecule has 1 aliphatic rings. The lowest BCUT2D eigenvalue weighted by Gasteiger charge is -2.16. The fourth-order valence-corrected chi connectivity index (χ4v) is 2.80. The van der Waals surface area contributed by atoms with Crippen molar-refractivity contribution in [1.82, 2.24) is 10.3 Å². The summed E-state index contributed by atoms with van der Waals surface area (Å²) in [4.78, 5) is 16.7. The summed E-state index contributed by atoms with van der Waals surface area (Å²) in [6.07, 6.45) is 3.57. The maximum Gasteiger partial charge on any atom is 0.230 e. The van der Waals surface area contributed by atoms with Gasteiger partial charge in [0.1, 0.15) is 0 Å². The van der Waals surface area contributed by atoms with Gasteiger partial charge in [0.05, 0.1) is 17.7 Å². The van der Waals surface area contributed by atoms with Crippen LogP contribution in [-0.4, -0.2) is 10.9 Å². The number of amides is 1. The highest BCUT2D eigenvalue weighted by atomic mass is 79.9. The predicted octanol–water partition coefficient (Wildman–Crippen LogP) is 3.19. The molecule has 102 valence electrons. The summed E-state index contributed by atoms with van der Waals surface area (Å²) in [5.41, 5.74) is 1.63. The topological polar surface area (TPSA) is 42.0 Å². The van der Waals surface area contributed by atoms with E-state index in [1.807, 2.05) is 42.5 Å². The summed E-state index contributed by atoms with van der Waals surface area (Å²) in [6.45, 7) is 0.482. The summed E-state index contributed by atoms with van der Waals surface area (Å²) in [7, 11) is 0. The van der Waals surface area contributed by atoms with Crippen molar-refractivity contribution >= 4 is 21.8 Å². The third-order valence-electron chi connectivity index (χ3n) is 3.72. The van der Waals surface area contributed by atoms with E-state index >= 15 is 0 Å². The fraction of sp³-hybridized carbons (Fsp3) is 0.250. The fourth-order valence-electron chi connectivity index (χ4n) is 2.40. The number of carbonyl (C=O) groups is 1. The Labute approximate surface area is 126 Å². The minimum atomic E-state index is -0.335. The molecule has 20 heavy (non-hydrogen) atoms. The Morgan fingerprint density at radius 2 is 2.10 bits per heavy atom. The van der Waals surface area contributed by atoms with Gasteiger partial charge in [-0.15, -0.1) is 0 Å². The molecule has 0 unspecified atom stereocenters. The van der Waals surface area contributed by atoms with Crippen LogP contribution in [0.2, 0.25) is 0 Å². The summed E-state index contributed by atoms with van der Waals surface area (Å²) < 4.78 is 1.01. The smallest absolute Gasteiger partial charge is 0.230 e. The Kier molecular flexibility index (Phi) is 3.57. The van der Waals surface area contributed by atoms with Crippen molar-refractivity contribution < 1.29 is 4.79 Å². The first-order valence-corrected chi connectivity index (χ1v) is 7.44. The van der Waals surface area contributed by atoms with Crippen molar-refractivity contribution in [2.24, 2.45) is 0 Å². The first-order valence-electron chi connectivity index (χ1n) is 6.65. The van der Waals surface area contributed by atoms with Gasteiger partial charge in [0.25, 0.3) is 0 Å². The van der Waals surface area contributed by atoms with Crippen LogP contribution in [0.15, 0.2) is 53.1 Å². The van der Waals surface area contributed by atoms with Gasteiger partial charge in [0, 0.05) is 10.7 Å². The molecule has 3 nitrogen and oxygen atoms in total.